The molecule has 0 aliphatic carbocycles. The van der Waals surface area contributed by atoms with Crippen molar-refractivity contribution in [1.29, 1.82) is 0 Å². The average Bonchev–Trinajstić information content (AvgIpc) is 2.89. The molecule has 0 unspecified atom stereocenters. The fraction of sp³-hybridized carbons (Fsp3) is 0.412. The minimum atomic E-state index is -0.312. The monoisotopic (exact) mass is 334 g/mol. The molecule has 2 rings (SSSR count). The summed E-state index contributed by atoms with van der Waals surface area (Å²) < 4.78 is 15.4. The lowest BCUT2D eigenvalue weighted by atomic mass is 10.1. The number of nitrogens with zero attached hydrogens (tertiary/aromatic N) is 1. The van der Waals surface area contributed by atoms with Crippen LogP contribution in [0.25, 0.3) is 11.0 Å². The molecule has 0 radical (unpaired) electrons. The van der Waals surface area contributed by atoms with Crippen LogP contribution in [0.1, 0.15) is 16.1 Å². The second-order valence-electron chi connectivity index (χ2n) is 5.47. The standard InChI is InChI=1S/C17H22N2O5/c1-11-16(13-9-12(22-3)5-6-14(13)24-11)17(21)18-7-8-19(2)10-15(20)23-4/h5-6,9H,7-8,10H2,1-4H3,(H,18,21). The number of furan rings is 1. The Kier molecular flexibility index (Phi) is 5.81. The molecule has 7 nitrogen and oxygen atoms in total. The van der Waals surface area contributed by atoms with E-state index in [-0.39, 0.29) is 18.4 Å². The van der Waals surface area contributed by atoms with Gasteiger partial charge in [-0.1, -0.05) is 0 Å². The van der Waals surface area contributed by atoms with E-state index in [4.69, 9.17) is 9.15 Å². The van der Waals surface area contributed by atoms with E-state index in [1.807, 2.05) is 0 Å². The van der Waals surface area contributed by atoms with Gasteiger partial charge in [0.25, 0.3) is 5.91 Å². The Hall–Kier alpha value is -2.54. The van der Waals surface area contributed by atoms with Crippen molar-refractivity contribution in [2.24, 2.45) is 0 Å². The van der Waals surface area contributed by atoms with Crippen molar-refractivity contribution in [2.45, 2.75) is 6.92 Å². The maximum Gasteiger partial charge on any atom is 0.319 e. The molecular formula is C17H22N2O5. The van der Waals surface area contributed by atoms with E-state index in [0.717, 1.165) is 0 Å². The van der Waals surface area contributed by atoms with Crippen molar-refractivity contribution >= 4 is 22.8 Å². The van der Waals surface area contributed by atoms with Crippen molar-refractivity contribution in [3.8, 4) is 5.75 Å². The molecule has 0 aliphatic heterocycles. The molecule has 24 heavy (non-hydrogen) atoms. The lowest BCUT2D eigenvalue weighted by molar-refractivity contribution is -0.141. The number of rotatable bonds is 7. The number of benzene rings is 1. The highest BCUT2D eigenvalue weighted by molar-refractivity contribution is 6.07. The molecule has 1 amide bonds. The molecule has 1 aromatic carbocycles. The van der Waals surface area contributed by atoms with Gasteiger partial charge in [0, 0.05) is 18.5 Å². The number of fused-ring (bicyclic) bond motifs is 1. The summed E-state index contributed by atoms with van der Waals surface area (Å²) in [4.78, 5) is 25.4. The maximum absolute atomic E-state index is 12.5. The van der Waals surface area contributed by atoms with Crippen LogP contribution in [-0.4, -0.2) is 57.7 Å². The van der Waals surface area contributed by atoms with Crippen molar-refractivity contribution in [3.05, 3.63) is 29.5 Å². The highest BCUT2D eigenvalue weighted by Crippen LogP contribution is 2.28. The number of likely N-dealkylation sites (N-methyl/N-ethyl adjacent to an activating group) is 1. The Labute approximate surface area is 140 Å². The van der Waals surface area contributed by atoms with Crippen LogP contribution in [-0.2, 0) is 9.53 Å². The van der Waals surface area contributed by atoms with E-state index in [2.05, 4.69) is 10.1 Å². The van der Waals surface area contributed by atoms with Gasteiger partial charge in [-0.3, -0.25) is 14.5 Å². The molecule has 2 aromatic rings. The molecule has 1 N–H and O–H groups in total. The summed E-state index contributed by atoms with van der Waals surface area (Å²) in [6, 6.07) is 5.35. The normalized spacial score (nSPS) is 10.9. The lowest BCUT2D eigenvalue weighted by Crippen LogP contribution is -2.35. The van der Waals surface area contributed by atoms with Gasteiger partial charge >= 0.3 is 5.97 Å². The van der Waals surface area contributed by atoms with Crippen LogP contribution < -0.4 is 10.1 Å². The SMILES string of the molecule is COC(=O)CN(C)CCNC(=O)c1c(C)oc2ccc(OC)cc12. The number of aryl methyl sites for hydroxylation is 1. The first kappa shape index (κ1) is 17.8. The quantitative estimate of drug-likeness (QED) is 0.775. The molecule has 0 spiro atoms. The zero-order valence-electron chi connectivity index (χ0n) is 14.3. The van der Waals surface area contributed by atoms with Crippen LogP contribution in [0.15, 0.2) is 22.6 Å². The van der Waals surface area contributed by atoms with Gasteiger partial charge in [-0.2, -0.15) is 0 Å². The third-order valence-corrected chi connectivity index (χ3v) is 3.70. The maximum atomic E-state index is 12.5. The highest BCUT2D eigenvalue weighted by atomic mass is 16.5. The fourth-order valence-electron chi connectivity index (χ4n) is 2.42. The molecule has 130 valence electrons. The zero-order chi connectivity index (χ0) is 17.7. The van der Waals surface area contributed by atoms with Crippen LogP contribution in [0.2, 0.25) is 0 Å². The van der Waals surface area contributed by atoms with E-state index in [1.165, 1.54) is 7.11 Å². The van der Waals surface area contributed by atoms with Gasteiger partial charge in [-0.05, 0) is 32.2 Å². The van der Waals surface area contributed by atoms with Crippen molar-refractivity contribution in [3.63, 3.8) is 0 Å². The van der Waals surface area contributed by atoms with Crippen molar-refractivity contribution in [1.82, 2.24) is 10.2 Å². The third kappa shape index (κ3) is 4.05. The van der Waals surface area contributed by atoms with Gasteiger partial charge in [0.1, 0.15) is 17.1 Å². The largest absolute Gasteiger partial charge is 0.497 e. The summed E-state index contributed by atoms with van der Waals surface area (Å²) in [6.07, 6.45) is 0. The number of carbonyl (C=O) groups excluding carboxylic acids is 2. The Balaban J connectivity index is 2.03. The molecule has 0 fully saturated rings. The van der Waals surface area contributed by atoms with E-state index in [1.54, 1.807) is 44.2 Å². The van der Waals surface area contributed by atoms with Gasteiger partial charge in [-0.25, -0.2) is 0 Å². The molecule has 7 heteroatoms. The van der Waals surface area contributed by atoms with Crippen LogP contribution in [0.5, 0.6) is 5.75 Å². The van der Waals surface area contributed by atoms with Gasteiger partial charge in [0.2, 0.25) is 0 Å². The first-order chi connectivity index (χ1) is 11.5. The lowest BCUT2D eigenvalue weighted by Gasteiger charge is -2.15. The summed E-state index contributed by atoms with van der Waals surface area (Å²) in [6.45, 7) is 2.86. The number of hydrogen-bond donors (Lipinski definition) is 1. The molecule has 0 bridgehead atoms. The Morgan fingerprint density at radius 1 is 1.29 bits per heavy atom. The van der Waals surface area contributed by atoms with Gasteiger partial charge in [0.05, 0.1) is 26.3 Å². The van der Waals surface area contributed by atoms with Gasteiger partial charge < -0.3 is 19.2 Å². The number of amides is 1. The van der Waals surface area contributed by atoms with Crippen molar-refractivity contribution in [2.75, 3.05) is 40.9 Å². The summed E-state index contributed by atoms with van der Waals surface area (Å²) in [5.41, 5.74) is 1.14. The molecule has 0 aliphatic rings. The fourth-order valence-corrected chi connectivity index (χ4v) is 2.42. The van der Waals surface area contributed by atoms with E-state index in [9.17, 15) is 9.59 Å². The van der Waals surface area contributed by atoms with Gasteiger partial charge in [-0.15, -0.1) is 0 Å². The van der Waals surface area contributed by atoms with Crippen LogP contribution >= 0.6 is 0 Å². The van der Waals surface area contributed by atoms with Crippen LogP contribution in [0.4, 0.5) is 0 Å². The minimum Gasteiger partial charge on any atom is -0.497 e. The number of hydrogen-bond acceptors (Lipinski definition) is 6. The average molecular weight is 334 g/mol. The predicted molar refractivity (Wildman–Crippen MR) is 89.3 cm³/mol. The van der Waals surface area contributed by atoms with Gasteiger partial charge in [0.15, 0.2) is 0 Å². The summed E-state index contributed by atoms with van der Waals surface area (Å²) in [5, 5.41) is 3.56. The molecule has 0 saturated carbocycles. The van der Waals surface area contributed by atoms with E-state index in [0.29, 0.717) is 41.1 Å². The zero-order valence-corrected chi connectivity index (χ0v) is 14.3. The Bertz CT molecular complexity index is 738. The molecule has 0 atom stereocenters. The number of ether oxygens (including phenoxy) is 2. The second kappa shape index (κ2) is 7.83. The first-order valence-corrected chi connectivity index (χ1v) is 7.57. The van der Waals surface area contributed by atoms with E-state index < -0.39 is 0 Å². The predicted octanol–water partition coefficient (Wildman–Crippen LogP) is 1.58. The minimum absolute atomic E-state index is 0.178. The third-order valence-electron chi connectivity index (χ3n) is 3.70. The Morgan fingerprint density at radius 3 is 2.71 bits per heavy atom. The topological polar surface area (TPSA) is 81.0 Å². The van der Waals surface area contributed by atoms with E-state index >= 15 is 0 Å². The summed E-state index contributed by atoms with van der Waals surface area (Å²) >= 11 is 0. The first-order valence-electron chi connectivity index (χ1n) is 7.57. The number of esters is 1. The smallest absolute Gasteiger partial charge is 0.319 e. The molecular weight excluding hydrogens is 312 g/mol. The number of carbonyl (C=O) groups is 2. The number of nitrogens with one attached hydrogen (secondary N) is 1. The van der Waals surface area contributed by atoms with Crippen LogP contribution in [0.3, 0.4) is 0 Å². The molecule has 0 saturated heterocycles. The van der Waals surface area contributed by atoms with Crippen molar-refractivity contribution < 1.29 is 23.5 Å². The summed E-state index contributed by atoms with van der Waals surface area (Å²) in [5.74, 6) is 0.687. The summed E-state index contributed by atoms with van der Waals surface area (Å²) in [7, 11) is 4.70. The Morgan fingerprint density at radius 2 is 2.04 bits per heavy atom. The molecule has 1 heterocycles. The molecule has 1 aromatic heterocycles. The highest BCUT2D eigenvalue weighted by Gasteiger charge is 2.18. The second-order valence-corrected chi connectivity index (χ2v) is 5.47. The van der Waals surface area contributed by atoms with Crippen LogP contribution in [0, 0.1) is 6.92 Å². The number of methoxy groups -OCH3 is 2.